The van der Waals surface area contributed by atoms with Gasteiger partial charge in [0, 0.05) is 5.56 Å². The topological polar surface area (TPSA) is 56.7 Å². The van der Waals surface area contributed by atoms with Crippen molar-refractivity contribution < 1.29 is 4.42 Å². The lowest BCUT2D eigenvalue weighted by molar-refractivity contribution is 0.602. The quantitative estimate of drug-likeness (QED) is 0.501. The molecule has 4 aromatic rings. The molecule has 0 spiro atoms. The van der Waals surface area contributed by atoms with E-state index >= 15 is 0 Å². The molecule has 0 aliphatic rings. The number of aromatic nitrogens is 4. The van der Waals surface area contributed by atoms with Gasteiger partial charge in [-0.15, -0.1) is 10.2 Å². The molecular weight excluding hydrogens is 324 g/mol. The van der Waals surface area contributed by atoms with Gasteiger partial charge in [0.25, 0.3) is 0 Å². The van der Waals surface area contributed by atoms with E-state index in [-0.39, 0.29) is 0 Å². The van der Waals surface area contributed by atoms with Crippen LogP contribution in [0.15, 0.2) is 53.5 Å². The second-order valence-corrected chi connectivity index (χ2v) is 7.12. The average Bonchev–Trinajstić information content (AvgIpc) is 3.29. The molecule has 0 unspecified atom stereocenters. The lowest BCUT2D eigenvalue weighted by atomic mass is 9.92. The van der Waals surface area contributed by atoms with Crippen molar-refractivity contribution in [3.05, 3.63) is 60.2 Å². The second-order valence-electron chi connectivity index (χ2n) is 7.12. The molecule has 132 valence electrons. The number of benzene rings is 2. The molecule has 0 N–H and O–H groups in total. The van der Waals surface area contributed by atoms with Crippen LogP contribution in [-0.4, -0.2) is 19.7 Å². The highest BCUT2D eigenvalue weighted by Gasteiger charge is 2.20. The molecule has 2 heterocycles. The average molecular weight is 346 g/mol. The molecular formula is C21H22N4O. The Kier molecular flexibility index (Phi) is 4.07. The van der Waals surface area contributed by atoms with E-state index in [9.17, 15) is 0 Å². The summed E-state index contributed by atoms with van der Waals surface area (Å²) in [6.07, 6.45) is 3.26. The molecule has 0 radical (unpaired) electrons. The van der Waals surface area contributed by atoms with Crippen LogP contribution in [-0.2, 0) is 0 Å². The smallest absolute Gasteiger partial charge is 0.182 e. The van der Waals surface area contributed by atoms with Crippen LogP contribution in [0.3, 0.4) is 0 Å². The fraction of sp³-hybridized carbons (Fsp3) is 0.286. The molecule has 0 saturated heterocycles. The Bertz CT molecular complexity index is 1030. The Morgan fingerprint density at radius 1 is 0.923 bits per heavy atom. The van der Waals surface area contributed by atoms with E-state index in [0.717, 1.165) is 28.2 Å². The highest BCUT2D eigenvalue weighted by molar-refractivity contribution is 5.88. The van der Waals surface area contributed by atoms with Crippen LogP contribution in [0.1, 0.15) is 50.7 Å². The van der Waals surface area contributed by atoms with Crippen molar-refractivity contribution in [1.82, 2.24) is 19.7 Å². The van der Waals surface area contributed by atoms with E-state index < -0.39 is 0 Å². The van der Waals surface area contributed by atoms with Crippen molar-refractivity contribution in [3.63, 3.8) is 0 Å². The van der Waals surface area contributed by atoms with Gasteiger partial charge in [-0.05, 0) is 35.1 Å². The maximum Gasteiger partial charge on any atom is 0.182 e. The second kappa shape index (κ2) is 6.41. The number of hydrogen-bond donors (Lipinski definition) is 0. The van der Waals surface area contributed by atoms with Crippen LogP contribution >= 0.6 is 0 Å². The van der Waals surface area contributed by atoms with Gasteiger partial charge in [-0.2, -0.15) is 0 Å². The number of fused-ring (bicyclic) bond motifs is 1. The molecule has 2 aromatic carbocycles. The minimum absolute atomic E-state index is 0.391. The molecule has 0 bridgehead atoms. The largest absolute Gasteiger partial charge is 0.443 e. The van der Waals surface area contributed by atoms with E-state index in [0.29, 0.717) is 11.8 Å². The fourth-order valence-electron chi connectivity index (χ4n) is 3.44. The van der Waals surface area contributed by atoms with E-state index in [1.807, 2.05) is 18.2 Å². The molecule has 4 rings (SSSR count). The van der Waals surface area contributed by atoms with Crippen LogP contribution in [0.25, 0.3) is 28.2 Å². The zero-order chi connectivity index (χ0) is 18.3. The van der Waals surface area contributed by atoms with Gasteiger partial charge < -0.3 is 4.42 Å². The van der Waals surface area contributed by atoms with Crippen LogP contribution in [0.4, 0.5) is 0 Å². The van der Waals surface area contributed by atoms with Crippen LogP contribution in [0, 0.1) is 0 Å². The molecule has 2 aromatic heterocycles. The lowest BCUT2D eigenvalue weighted by Gasteiger charge is -2.21. The molecule has 5 heteroatoms. The first-order valence-corrected chi connectivity index (χ1v) is 8.93. The summed E-state index contributed by atoms with van der Waals surface area (Å²) in [7, 11) is 0. The van der Waals surface area contributed by atoms with E-state index in [2.05, 4.69) is 65.6 Å². The number of oxazole rings is 1. The monoisotopic (exact) mass is 346 g/mol. The summed E-state index contributed by atoms with van der Waals surface area (Å²) in [4.78, 5) is 4.38. The van der Waals surface area contributed by atoms with Crippen molar-refractivity contribution >= 4 is 11.1 Å². The maximum atomic E-state index is 5.46. The van der Waals surface area contributed by atoms with Crippen LogP contribution in [0.2, 0.25) is 0 Å². The maximum absolute atomic E-state index is 5.46. The Labute approximate surface area is 152 Å². The van der Waals surface area contributed by atoms with Gasteiger partial charge in [0.2, 0.25) is 0 Å². The van der Waals surface area contributed by atoms with Crippen molar-refractivity contribution in [2.45, 2.75) is 39.5 Å². The van der Waals surface area contributed by atoms with Crippen LogP contribution in [0.5, 0.6) is 0 Å². The fourth-order valence-corrected chi connectivity index (χ4v) is 3.44. The van der Waals surface area contributed by atoms with Gasteiger partial charge in [-0.3, -0.25) is 4.57 Å². The summed E-state index contributed by atoms with van der Waals surface area (Å²) in [5.74, 6) is 1.56. The zero-order valence-corrected chi connectivity index (χ0v) is 15.5. The lowest BCUT2D eigenvalue weighted by Crippen LogP contribution is -2.08. The summed E-state index contributed by atoms with van der Waals surface area (Å²) >= 11 is 0. The third-order valence-electron chi connectivity index (χ3n) is 4.73. The van der Waals surface area contributed by atoms with Crippen molar-refractivity contribution in [3.8, 4) is 17.1 Å². The zero-order valence-electron chi connectivity index (χ0n) is 15.5. The first kappa shape index (κ1) is 16.5. The van der Waals surface area contributed by atoms with Gasteiger partial charge in [-0.1, -0.05) is 52.0 Å². The van der Waals surface area contributed by atoms with E-state index in [1.165, 1.54) is 17.5 Å². The van der Waals surface area contributed by atoms with Crippen molar-refractivity contribution in [1.29, 1.82) is 0 Å². The highest BCUT2D eigenvalue weighted by Crippen LogP contribution is 2.34. The Morgan fingerprint density at radius 2 is 1.62 bits per heavy atom. The van der Waals surface area contributed by atoms with Gasteiger partial charge in [0.1, 0.15) is 11.8 Å². The highest BCUT2D eigenvalue weighted by atomic mass is 16.3. The van der Waals surface area contributed by atoms with Gasteiger partial charge in [-0.25, -0.2) is 4.98 Å². The van der Waals surface area contributed by atoms with Gasteiger partial charge in [0.15, 0.2) is 17.8 Å². The minimum Gasteiger partial charge on any atom is -0.443 e. The number of rotatable bonds is 4. The summed E-state index contributed by atoms with van der Waals surface area (Å²) < 4.78 is 7.55. The molecule has 0 aliphatic heterocycles. The van der Waals surface area contributed by atoms with Gasteiger partial charge in [0.05, 0.1) is 5.69 Å². The summed E-state index contributed by atoms with van der Waals surface area (Å²) in [5, 5.41) is 8.65. The summed E-state index contributed by atoms with van der Waals surface area (Å²) in [6.45, 7) is 8.85. The molecule has 0 aliphatic carbocycles. The first-order valence-electron chi connectivity index (χ1n) is 8.93. The first-order chi connectivity index (χ1) is 12.6. The van der Waals surface area contributed by atoms with Crippen molar-refractivity contribution in [2.24, 2.45) is 0 Å². The minimum atomic E-state index is 0.391. The molecule has 0 saturated carbocycles. The number of hydrogen-bond acceptors (Lipinski definition) is 4. The number of para-hydroxylation sites is 2. The molecule has 26 heavy (non-hydrogen) atoms. The normalized spacial score (nSPS) is 11.8. The standard InChI is InChI=1S/C21H22N4O/c1-13(2)15-7-5-8-16(14(3)4)20(15)25-11-23-24-21(25)17-9-6-10-18-19(17)22-12-26-18/h5-14H,1-4H3. The Balaban J connectivity index is 2.01. The third kappa shape index (κ3) is 2.60. The van der Waals surface area contributed by atoms with E-state index in [4.69, 9.17) is 4.42 Å². The van der Waals surface area contributed by atoms with Gasteiger partial charge >= 0.3 is 0 Å². The molecule has 0 fully saturated rings. The predicted molar refractivity (Wildman–Crippen MR) is 103 cm³/mol. The predicted octanol–water partition coefficient (Wildman–Crippen LogP) is 5.32. The Hall–Kier alpha value is -2.95. The third-order valence-corrected chi connectivity index (χ3v) is 4.73. The van der Waals surface area contributed by atoms with E-state index in [1.54, 1.807) is 6.33 Å². The molecule has 0 atom stereocenters. The Morgan fingerprint density at radius 3 is 2.31 bits per heavy atom. The van der Waals surface area contributed by atoms with Crippen LogP contribution < -0.4 is 0 Å². The summed E-state index contributed by atoms with van der Waals surface area (Å²) in [5.41, 5.74) is 6.20. The SMILES string of the molecule is CC(C)c1cccc(C(C)C)c1-n1cnnc1-c1cccc2ocnc12. The van der Waals surface area contributed by atoms with Crippen molar-refractivity contribution in [2.75, 3.05) is 0 Å². The summed E-state index contributed by atoms with van der Waals surface area (Å²) in [6, 6.07) is 12.4. The molecule has 5 nitrogen and oxygen atoms in total. The molecule has 0 amide bonds. The number of nitrogens with zero attached hydrogens (tertiary/aromatic N) is 4.